The predicted molar refractivity (Wildman–Crippen MR) is 161 cm³/mol. The Labute approximate surface area is 231 Å². The van der Waals surface area contributed by atoms with Crippen LogP contribution in [0.3, 0.4) is 0 Å². The third-order valence-corrected chi connectivity index (χ3v) is 33.0. The molecule has 200 valence electrons. The molecule has 0 aliphatic carbocycles. The van der Waals surface area contributed by atoms with Gasteiger partial charge in [-0.2, -0.15) is 0 Å². The average Bonchev–Trinajstić information content (AvgIpc) is 2.92. The minimum absolute atomic E-state index is 0.717. The van der Waals surface area contributed by atoms with E-state index in [-0.39, 0.29) is 0 Å². The number of rotatable bonds is 8. The summed E-state index contributed by atoms with van der Waals surface area (Å²) in [6, 6.07) is 24.9. The summed E-state index contributed by atoms with van der Waals surface area (Å²) in [5.74, 6) is 2.87. The second kappa shape index (κ2) is 10.8. The molecule has 0 saturated heterocycles. The van der Waals surface area contributed by atoms with Crippen LogP contribution in [0.25, 0.3) is 0 Å². The zero-order valence-corrected chi connectivity index (χ0v) is 27.6. The fraction of sp³-hybridized carbons (Fsp3) is 0.250. The van der Waals surface area contributed by atoms with E-state index in [0.717, 1.165) is 35.3 Å². The Balaban J connectivity index is 2.49. The van der Waals surface area contributed by atoms with Crippen LogP contribution in [0, 0.1) is 27.7 Å². The Morgan fingerprint density at radius 2 is 0.632 bits per heavy atom. The quantitative estimate of drug-likeness (QED) is 0.239. The van der Waals surface area contributed by atoms with Gasteiger partial charge in [0.2, 0.25) is 0 Å². The number of aryl methyl sites for hydroxylation is 4. The van der Waals surface area contributed by atoms with Crippen molar-refractivity contribution in [3.05, 3.63) is 95.1 Å². The standard InChI is InChI=1S/4C8H9O.Bi.ClH/c4*1-7-3-5-8(9-2)6-4-7;;/h4*3-5H,1-2H3;;1H/q;;;;+1;/p-1. The van der Waals surface area contributed by atoms with E-state index >= 15 is 0 Å². The summed E-state index contributed by atoms with van der Waals surface area (Å²) in [6.45, 7) is 8.31. The first kappa shape index (κ1) is 28.3. The third kappa shape index (κ3) is 4.34. The van der Waals surface area contributed by atoms with Crippen LogP contribution in [0.5, 0.6) is 23.0 Å². The van der Waals surface area contributed by atoms with Gasteiger partial charge in [0.25, 0.3) is 0 Å². The van der Waals surface area contributed by atoms with Crippen molar-refractivity contribution in [2.24, 2.45) is 0 Å². The van der Waals surface area contributed by atoms with Crippen LogP contribution in [-0.2, 0) is 0 Å². The molecule has 0 atom stereocenters. The van der Waals surface area contributed by atoms with Crippen LogP contribution in [0.4, 0.5) is 0 Å². The summed E-state index contributed by atoms with van der Waals surface area (Å²) in [6.07, 6.45) is 0. The summed E-state index contributed by atoms with van der Waals surface area (Å²) in [7, 11) is 15.6. The zero-order valence-electron chi connectivity index (χ0n) is 23.4. The molecular formula is C32H36BiClO4. The van der Waals surface area contributed by atoms with Gasteiger partial charge in [0.1, 0.15) is 0 Å². The van der Waals surface area contributed by atoms with Gasteiger partial charge < -0.3 is 0 Å². The molecule has 0 unspecified atom stereocenters. The molecule has 0 spiro atoms. The normalized spacial score (nSPS) is 12.4. The second-order valence-electron chi connectivity index (χ2n) is 9.71. The van der Waals surface area contributed by atoms with Crippen molar-refractivity contribution >= 4 is 39.2 Å². The van der Waals surface area contributed by atoms with Gasteiger partial charge in [0.05, 0.1) is 0 Å². The van der Waals surface area contributed by atoms with Crippen molar-refractivity contribution < 1.29 is 18.9 Å². The van der Waals surface area contributed by atoms with Gasteiger partial charge >= 0.3 is 232 Å². The fourth-order valence-electron chi connectivity index (χ4n) is 5.29. The van der Waals surface area contributed by atoms with Gasteiger partial charge in [-0.25, -0.2) is 0 Å². The molecule has 0 saturated carbocycles. The minimum atomic E-state index is -5.72. The van der Waals surface area contributed by atoms with Gasteiger partial charge in [-0.3, -0.25) is 0 Å². The number of benzene rings is 4. The first-order valence-corrected chi connectivity index (χ1v) is 23.7. The van der Waals surface area contributed by atoms with E-state index in [1.165, 1.54) is 0 Å². The van der Waals surface area contributed by atoms with Crippen molar-refractivity contribution in [2.45, 2.75) is 27.7 Å². The van der Waals surface area contributed by atoms with Crippen LogP contribution in [0.1, 0.15) is 22.3 Å². The Morgan fingerprint density at radius 3 is 0.816 bits per heavy atom. The van der Waals surface area contributed by atoms with Crippen molar-refractivity contribution in [1.82, 2.24) is 0 Å². The van der Waals surface area contributed by atoms with E-state index in [1.807, 2.05) is 48.5 Å². The third-order valence-electron chi connectivity index (χ3n) is 7.15. The Morgan fingerprint density at radius 1 is 0.421 bits per heavy atom. The second-order valence-corrected chi connectivity index (χ2v) is 31.0. The zero-order chi connectivity index (χ0) is 27.7. The Kier molecular flexibility index (Phi) is 8.02. The van der Waals surface area contributed by atoms with Gasteiger partial charge in [0, 0.05) is 0 Å². The molecule has 0 aromatic heterocycles. The molecule has 0 aliphatic rings. The molecule has 38 heavy (non-hydrogen) atoms. The molecule has 4 rings (SSSR count). The molecule has 4 aromatic carbocycles. The molecule has 0 fully saturated rings. The number of ether oxygens (including phenoxy) is 4. The summed E-state index contributed by atoms with van der Waals surface area (Å²) in [5.41, 5.74) is 4.31. The van der Waals surface area contributed by atoms with E-state index in [9.17, 15) is 0 Å². The van der Waals surface area contributed by atoms with Crippen LogP contribution in [0.15, 0.2) is 72.8 Å². The van der Waals surface area contributed by atoms with Crippen molar-refractivity contribution in [3.63, 3.8) is 0 Å². The topological polar surface area (TPSA) is 36.9 Å². The van der Waals surface area contributed by atoms with E-state index in [2.05, 4.69) is 52.0 Å². The predicted octanol–water partition coefficient (Wildman–Crippen LogP) is 5.02. The van der Waals surface area contributed by atoms with Gasteiger partial charge in [-0.15, -0.1) is 0 Å². The SMILES string of the molecule is COc1ccc(C)c[c]1[Bi]([Cl])([c]1cc(C)ccc1OC)([c]1cc(C)ccc1OC)[c]1cc(C)ccc1OC. The first-order valence-electron chi connectivity index (χ1n) is 12.5. The summed E-state index contributed by atoms with van der Waals surface area (Å²) in [5, 5.41) is 0. The number of hydrogen-bond donors (Lipinski definition) is 0. The fourth-order valence-corrected chi connectivity index (χ4v) is 31.9. The number of methoxy groups -OCH3 is 4. The number of halogens is 1. The Hall–Kier alpha value is -2.75. The van der Waals surface area contributed by atoms with Gasteiger partial charge in [-0.1, -0.05) is 0 Å². The van der Waals surface area contributed by atoms with Crippen molar-refractivity contribution in [2.75, 3.05) is 28.4 Å². The van der Waals surface area contributed by atoms with E-state index in [0.29, 0.717) is 23.0 Å². The summed E-state index contributed by atoms with van der Waals surface area (Å²) >= 11 is -5.72. The first-order chi connectivity index (χ1) is 18.1. The maximum absolute atomic E-state index is 8.82. The molecule has 6 heteroatoms. The van der Waals surface area contributed by atoms with Crippen LogP contribution in [-0.4, -0.2) is 46.0 Å². The van der Waals surface area contributed by atoms with E-state index in [1.54, 1.807) is 28.4 Å². The molecule has 0 N–H and O–H groups in total. The van der Waals surface area contributed by atoms with Gasteiger partial charge in [-0.05, 0) is 0 Å². The maximum atomic E-state index is 8.82. The van der Waals surface area contributed by atoms with Gasteiger partial charge in [0.15, 0.2) is 0 Å². The molecule has 0 amide bonds. The molecular weight excluding hydrogens is 693 g/mol. The van der Waals surface area contributed by atoms with Crippen LogP contribution >= 0.6 is 8.51 Å². The molecule has 0 bridgehead atoms. The summed E-state index contributed by atoms with van der Waals surface area (Å²) < 4.78 is 28.1. The van der Waals surface area contributed by atoms with Crippen LogP contribution in [0.2, 0.25) is 0 Å². The number of hydrogen-bond acceptors (Lipinski definition) is 4. The van der Waals surface area contributed by atoms with Crippen molar-refractivity contribution in [1.29, 1.82) is 0 Å². The molecule has 0 radical (unpaired) electrons. The molecule has 0 aliphatic heterocycles. The molecule has 4 aromatic rings. The van der Waals surface area contributed by atoms with Crippen LogP contribution < -0.4 is 32.0 Å². The molecule has 4 nitrogen and oxygen atoms in total. The summed E-state index contributed by atoms with van der Waals surface area (Å²) in [4.78, 5) is 0. The molecule has 0 heterocycles. The monoisotopic (exact) mass is 728 g/mol. The van der Waals surface area contributed by atoms with E-state index < -0.39 is 17.6 Å². The average molecular weight is 729 g/mol. The van der Waals surface area contributed by atoms with E-state index in [4.69, 9.17) is 27.5 Å². The Bertz CT molecular complexity index is 1270. The van der Waals surface area contributed by atoms with Crippen molar-refractivity contribution in [3.8, 4) is 23.0 Å².